The summed E-state index contributed by atoms with van der Waals surface area (Å²) in [6.45, 7) is 0. The van der Waals surface area contributed by atoms with Crippen LogP contribution >= 0.6 is 0 Å². The van der Waals surface area contributed by atoms with E-state index in [2.05, 4.69) is 4.94 Å². The first-order valence-corrected chi connectivity index (χ1v) is 5.77. The van der Waals surface area contributed by atoms with E-state index in [1.54, 1.807) is 54.6 Å². The third-order valence-electron chi connectivity index (χ3n) is 2.80. The van der Waals surface area contributed by atoms with Gasteiger partial charge in [-0.25, -0.2) is 0 Å². The number of carbonyl (C=O) groups is 1. The zero-order valence-electron chi connectivity index (χ0n) is 10.4. The minimum Gasteiger partial charge on any atom is -0.497 e. The second kappa shape index (κ2) is 6.11. The summed E-state index contributed by atoms with van der Waals surface area (Å²) < 4.78 is 17.7. The first-order chi connectivity index (χ1) is 9.26. The first kappa shape index (κ1) is 13.2. The summed E-state index contributed by atoms with van der Waals surface area (Å²) in [5, 5.41) is 0. The summed E-state index contributed by atoms with van der Waals surface area (Å²) in [6, 6.07) is 15.0. The standard InChI is InChI=1S/C15H13FO3/c1-18-13-9-7-12(8-10-13)15(19-16)14(17)11-5-3-2-4-6-11/h2-10,15H,1H3. The molecule has 0 fully saturated rings. The first-order valence-electron chi connectivity index (χ1n) is 5.77. The highest BCUT2D eigenvalue weighted by Crippen LogP contribution is 2.24. The van der Waals surface area contributed by atoms with Crippen molar-refractivity contribution in [3.63, 3.8) is 0 Å². The Morgan fingerprint density at radius 2 is 1.68 bits per heavy atom. The number of carbonyl (C=O) groups excluding carboxylic acids is 1. The Labute approximate surface area is 110 Å². The topological polar surface area (TPSA) is 35.5 Å². The van der Waals surface area contributed by atoms with Gasteiger partial charge in [-0.3, -0.25) is 4.79 Å². The maximum Gasteiger partial charge on any atom is 0.199 e. The highest BCUT2D eigenvalue weighted by Gasteiger charge is 2.23. The quantitative estimate of drug-likeness (QED) is 0.771. The summed E-state index contributed by atoms with van der Waals surface area (Å²) in [4.78, 5) is 16.0. The van der Waals surface area contributed by atoms with Gasteiger partial charge in [0.2, 0.25) is 0 Å². The lowest BCUT2D eigenvalue weighted by molar-refractivity contribution is -0.164. The Kier molecular flexibility index (Phi) is 4.26. The van der Waals surface area contributed by atoms with Crippen LogP contribution in [0.1, 0.15) is 22.0 Å². The summed E-state index contributed by atoms with van der Waals surface area (Å²) >= 11 is 0. The van der Waals surface area contributed by atoms with Gasteiger partial charge in [-0.15, -0.1) is 0 Å². The fourth-order valence-electron chi connectivity index (χ4n) is 1.78. The number of ether oxygens (including phenoxy) is 1. The predicted octanol–water partition coefficient (Wildman–Crippen LogP) is 3.52. The Morgan fingerprint density at radius 3 is 2.21 bits per heavy atom. The number of Topliss-reactive ketones (excluding diaryl/α,β-unsaturated/α-hetero) is 1. The molecule has 4 heteroatoms. The molecule has 0 amide bonds. The number of methoxy groups -OCH3 is 1. The van der Waals surface area contributed by atoms with Crippen molar-refractivity contribution in [2.75, 3.05) is 7.11 Å². The molecule has 0 saturated carbocycles. The zero-order valence-corrected chi connectivity index (χ0v) is 10.4. The summed E-state index contributed by atoms with van der Waals surface area (Å²) in [6.07, 6.45) is -1.26. The normalized spacial score (nSPS) is 11.9. The van der Waals surface area contributed by atoms with Crippen LogP contribution in [0.3, 0.4) is 0 Å². The lowest BCUT2D eigenvalue weighted by atomic mass is 10.00. The molecule has 0 aliphatic carbocycles. The molecule has 0 aromatic heterocycles. The Morgan fingerprint density at radius 1 is 1.05 bits per heavy atom. The minimum absolute atomic E-state index is 0.404. The van der Waals surface area contributed by atoms with Gasteiger partial charge in [0.25, 0.3) is 0 Å². The molecule has 1 unspecified atom stereocenters. The second-order valence-electron chi connectivity index (χ2n) is 3.97. The van der Waals surface area contributed by atoms with Gasteiger partial charge in [0.05, 0.1) is 7.11 Å². The van der Waals surface area contributed by atoms with Crippen molar-refractivity contribution >= 4 is 5.78 Å². The van der Waals surface area contributed by atoms with Crippen LogP contribution in [-0.2, 0) is 4.94 Å². The molecule has 1 atom stereocenters. The van der Waals surface area contributed by atoms with Gasteiger partial charge in [0.1, 0.15) is 5.75 Å². The van der Waals surface area contributed by atoms with Crippen molar-refractivity contribution in [2.45, 2.75) is 6.10 Å². The van der Waals surface area contributed by atoms with E-state index >= 15 is 0 Å². The molecule has 0 aliphatic heterocycles. The van der Waals surface area contributed by atoms with E-state index in [0.717, 1.165) is 0 Å². The molecule has 0 heterocycles. The minimum atomic E-state index is -1.26. The number of hydrogen-bond acceptors (Lipinski definition) is 3. The van der Waals surface area contributed by atoms with E-state index in [4.69, 9.17) is 4.74 Å². The molecule has 0 bridgehead atoms. The summed E-state index contributed by atoms with van der Waals surface area (Å²) in [7, 11) is 1.53. The van der Waals surface area contributed by atoms with Crippen molar-refractivity contribution in [3.8, 4) is 5.75 Å². The number of benzene rings is 2. The average Bonchev–Trinajstić information content (AvgIpc) is 2.49. The van der Waals surface area contributed by atoms with Gasteiger partial charge in [-0.05, 0) is 22.2 Å². The van der Waals surface area contributed by atoms with E-state index in [0.29, 0.717) is 16.9 Å². The van der Waals surface area contributed by atoms with Crippen LogP contribution < -0.4 is 4.74 Å². The molecule has 0 saturated heterocycles. The lowest BCUT2D eigenvalue weighted by Crippen LogP contribution is -2.13. The van der Waals surface area contributed by atoms with Crippen molar-refractivity contribution < 1.29 is 19.0 Å². The van der Waals surface area contributed by atoms with Gasteiger partial charge in [-0.1, -0.05) is 42.5 Å². The van der Waals surface area contributed by atoms with Gasteiger partial charge in [-0.2, -0.15) is 4.94 Å². The molecule has 2 rings (SSSR count). The van der Waals surface area contributed by atoms with Crippen LogP contribution in [0.5, 0.6) is 5.75 Å². The molecule has 0 radical (unpaired) electrons. The van der Waals surface area contributed by atoms with Crippen LogP contribution in [0.4, 0.5) is 4.53 Å². The van der Waals surface area contributed by atoms with Crippen molar-refractivity contribution in [3.05, 3.63) is 65.7 Å². The van der Waals surface area contributed by atoms with Crippen LogP contribution in [0.15, 0.2) is 54.6 Å². The molecular weight excluding hydrogens is 247 g/mol. The van der Waals surface area contributed by atoms with Gasteiger partial charge in [0, 0.05) is 5.56 Å². The highest BCUT2D eigenvalue weighted by atomic mass is 19.3. The second-order valence-corrected chi connectivity index (χ2v) is 3.97. The average molecular weight is 260 g/mol. The molecular formula is C15H13FO3. The smallest absolute Gasteiger partial charge is 0.199 e. The molecule has 0 N–H and O–H groups in total. The van der Waals surface area contributed by atoms with Crippen molar-refractivity contribution in [1.29, 1.82) is 0 Å². The van der Waals surface area contributed by atoms with Crippen molar-refractivity contribution in [2.24, 2.45) is 0 Å². The Bertz CT molecular complexity index is 537. The SMILES string of the molecule is COc1ccc(C(OF)C(=O)c2ccccc2)cc1. The van der Waals surface area contributed by atoms with E-state index < -0.39 is 11.9 Å². The van der Waals surface area contributed by atoms with E-state index in [9.17, 15) is 9.32 Å². The molecule has 3 nitrogen and oxygen atoms in total. The molecule has 0 spiro atoms. The monoisotopic (exact) mass is 260 g/mol. The molecule has 19 heavy (non-hydrogen) atoms. The van der Waals surface area contributed by atoms with E-state index in [1.807, 2.05) is 0 Å². The van der Waals surface area contributed by atoms with Crippen LogP contribution in [0.2, 0.25) is 0 Å². The van der Waals surface area contributed by atoms with Gasteiger partial charge >= 0.3 is 0 Å². The Hall–Kier alpha value is -2.20. The summed E-state index contributed by atoms with van der Waals surface area (Å²) in [5.74, 6) is 0.210. The maximum absolute atomic E-state index is 12.7. The van der Waals surface area contributed by atoms with Crippen LogP contribution in [0, 0.1) is 0 Å². The fourth-order valence-corrected chi connectivity index (χ4v) is 1.78. The fraction of sp³-hybridized carbons (Fsp3) is 0.133. The highest BCUT2D eigenvalue weighted by molar-refractivity contribution is 5.99. The number of hydrogen-bond donors (Lipinski definition) is 0. The third-order valence-corrected chi connectivity index (χ3v) is 2.80. The predicted molar refractivity (Wildman–Crippen MR) is 68.7 cm³/mol. The molecule has 0 aliphatic rings. The van der Waals surface area contributed by atoms with Gasteiger partial charge in [0.15, 0.2) is 11.9 Å². The Balaban J connectivity index is 2.26. The number of halogens is 1. The zero-order chi connectivity index (χ0) is 13.7. The largest absolute Gasteiger partial charge is 0.497 e. The third kappa shape index (κ3) is 2.98. The molecule has 2 aromatic rings. The lowest BCUT2D eigenvalue weighted by Gasteiger charge is -2.12. The van der Waals surface area contributed by atoms with E-state index in [-0.39, 0.29) is 0 Å². The maximum atomic E-state index is 12.7. The van der Waals surface area contributed by atoms with Crippen LogP contribution in [-0.4, -0.2) is 12.9 Å². The van der Waals surface area contributed by atoms with E-state index in [1.165, 1.54) is 7.11 Å². The van der Waals surface area contributed by atoms with Crippen molar-refractivity contribution in [1.82, 2.24) is 0 Å². The number of ketones is 1. The molecule has 2 aromatic carbocycles. The van der Waals surface area contributed by atoms with Crippen LogP contribution in [0.25, 0.3) is 0 Å². The number of rotatable bonds is 5. The molecule has 98 valence electrons. The summed E-state index contributed by atoms with van der Waals surface area (Å²) in [5.41, 5.74) is 0.845. The van der Waals surface area contributed by atoms with Gasteiger partial charge < -0.3 is 4.74 Å².